The van der Waals surface area contributed by atoms with Gasteiger partial charge in [-0.1, -0.05) is 18.2 Å². The van der Waals surface area contributed by atoms with Crippen LogP contribution < -0.4 is 10.6 Å². The molecule has 0 bridgehead atoms. The fraction of sp³-hybridized carbons (Fsp3) is 0.231. The highest BCUT2D eigenvalue weighted by molar-refractivity contribution is 7.13. The maximum Gasteiger partial charge on any atom is 0.248 e. The summed E-state index contributed by atoms with van der Waals surface area (Å²) in [5.41, 5.74) is 2.09. The van der Waals surface area contributed by atoms with E-state index in [2.05, 4.69) is 15.6 Å². The van der Waals surface area contributed by atoms with E-state index >= 15 is 0 Å². The fourth-order valence-electron chi connectivity index (χ4n) is 1.53. The van der Waals surface area contributed by atoms with Gasteiger partial charge in [0, 0.05) is 17.3 Å². The molecule has 0 saturated heterocycles. The van der Waals surface area contributed by atoms with E-state index in [0.29, 0.717) is 5.13 Å². The number of hydrogen-bond donors (Lipinski definition) is 2. The van der Waals surface area contributed by atoms with Crippen LogP contribution in [0.25, 0.3) is 0 Å². The van der Waals surface area contributed by atoms with E-state index in [0.717, 1.165) is 11.3 Å². The molecule has 1 heterocycles. The molecule has 1 aromatic heterocycles. The van der Waals surface area contributed by atoms with E-state index in [1.165, 1.54) is 11.3 Å². The summed E-state index contributed by atoms with van der Waals surface area (Å²) in [5.74, 6) is -0.0896. The van der Waals surface area contributed by atoms with Gasteiger partial charge in [-0.15, -0.1) is 11.3 Å². The van der Waals surface area contributed by atoms with E-state index in [4.69, 9.17) is 0 Å². The van der Waals surface area contributed by atoms with E-state index < -0.39 is 0 Å². The number of aromatic nitrogens is 1. The first-order valence-corrected chi connectivity index (χ1v) is 6.57. The van der Waals surface area contributed by atoms with Gasteiger partial charge in [0.2, 0.25) is 5.91 Å². The Labute approximate surface area is 110 Å². The van der Waals surface area contributed by atoms with Crippen LogP contribution in [0.15, 0.2) is 35.8 Å². The molecule has 0 radical (unpaired) electrons. The molecule has 18 heavy (non-hydrogen) atoms. The van der Waals surface area contributed by atoms with Gasteiger partial charge in [-0.3, -0.25) is 4.79 Å². The second-order valence-electron chi connectivity index (χ2n) is 4.01. The van der Waals surface area contributed by atoms with Gasteiger partial charge in [0.1, 0.15) is 6.04 Å². The second-order valence-corrected chi connectivity index (χ2v) is 4.90. The number of nitrogens with zero attached hydrogens (tertiary/aromatic N) is 1. The average Bonchev–Trinajstić information content (AvgIpc) is 2.84. The lowest BCUT2D eigenvalue weighted by atomic mass is 10.2. The largest absolute Gasteiger partial charge is 0.374 e. The number of rotatable bonds is 4. The van der Waals surface area contributed by atoms with Gasteiger partial charge in [0.25, 0.3) is 0 Å². The van der Waals surface area contributed by atoms with Gasteiger partial charge in [-0.05, 0) is 25.5 Å². The molecule has 1 atom stereocenters. The Morgan fingerprint density at radius 2 is 2.17 bits per heavy atom. The maximum absolute atomic E-state index is 11.9. The molecule has 0 unspecified atom stereocenters. The number of aryl methyl sites for hydroxylation is 1. The van der Waals surface area contributed by atoms with Crippen molar-refractivity contribution in [1.82, 2.24) is 4.98 Å². The molecule has 1 amide bonds. The lowest BCUT2D eigenvalue weighted by Crippen LogP contribution is -2.32. The van der Waals surface area contributed by atoms with Crippen LogP contribution in [-0.2, 0) is 4.79 Å². The lowest BCUT2D eigenvalue weighted by molar-refractivity contribution is -0.116. The van der Waals surface area contributed by atoms with Crippen molar-refractivity contribution < 1.29 is 4.79 Å². The fourth-order valence-corrected chi connectivity index (χ4v) is 2.06. The molecule has 1 aromatic carbocycles. The third-order valence-electron chi connectivity index (χ3n) is 2.57. The zero-order valence-electron chi connectivity index (χ0n) is 10.3. The monoisotopic (exact) mass is 261 g/mol. The molecule has 0 fully saturated rings. The van der Waals surface area contributed by atoms with Crippen molar-refractivity contribution in [2.75, 3.05) is 10.6 Å². The average molecular weight is 261 g/mol. The number of hydrogen-bond acceptors (Lipinski definition) is 4. The highest BCUT2D eigenvalue weighted by Crippen LogP contribution is 2.15. The van der Waals surface area contributed by atoms with Crippen molar-refractivity contribution in [3.63, 3.8) is 0 Å². The van der Waals surface area contributed by atoms with Crippen LogP contribution in [0.1, 0.15) is 12.5 Å². The van der Waals surface area contributed by atoms with Crippen LogP contribution in [0.3, 0.4) is 0 Å². The summed E-state index contributed by atoms with van der Waals surface area (Å²) in [6.45, 7) is 3.84. The van der Waals surface area contributed by atoms with E-state index in [1.54, 1.807) is 6.20 Å². The highest BCUT2D eigenvalue weighted by atomic mass is 32.1. The quantitative estimate of drug-likeness (QED) is 0.889. The number of amides is 1. The number of anilines is 2. The summed E-state index contributed by atoms with van der Waals surface area (Å²) in [6, 6.07) is 7.58. The number of para-hydroxylation sites is 1. The third-order valence-corrected chi connectivity index (χ3v) is 3.26. The molecule has 94 valence electrons. The number of carbonyl (C=O) groups is 1. The molecule has 5 heteroatoms. The lowest BCUT2D eigenvalue weighted by Gasteiger charge is -2.15. The molecule has 2 rings (SSSR count). The van der Waals surface area contributed by atoms with Crippen molar-refractivity contribution in [3.8, 4) is 0 Å². The number of carbonyl (C=O) groups excluding carboxylic acids is 1. The third kappa shape index (κ3) is 3.07. The smallest absolute Gasteiger partial charge is 0.248 e. The van der Waals surface area contributed by atoms with E-state index in [-0.39, 0.29) is 11.9 Å². The van der Waals surface area contributed by atoms with Crippen molar-refractivity contribution in [3.05, 3.63) is 41.4 Å². The van der Waals surface area contributed by atoms with Gasteiger partial charge in [-0.2, -0.15) is 0 Å². The van der Waals surface area contributed by atoms with E-state index in [9.17, 15) is 4.79 Å². The van der Waals surface area contributed by atoms with Gasteiger partial charge < -0.3 is 10.6 Å². The molecule has 0 aliphatic carbocycles. The predicted molar refractivity (Wildman–Crippen MR) is 75.0 cm³/mol. The standard InChI is InChI=1S/C13H15N3OS/c1-9-5-3-4-6-11(9)15-10(2)12(17)16-13-14-7-8-18-13/h3-8,10,15H,1-2H3,(H,14,16,17)/t10-/m1/s1. The van der Waals surface area contributed by atoms with Crippen LogP contribution in [-0.4, -0.2) is 16.9 Å². The summed E-state index contributed by atoms with van der Waals surface area (Å²) < 4.78 is 0. The van der Waals surface area contributed by atoms with Gasteiger partial charge in [-0.25, -0.2) is 4.98 Å². The predicted octanol–water partition coefficient (Wildman–Crippen LogP) is 2.89. The minimum absolute atomic E-state index is 0.0896. The number of benzene rings is 1. The first-order valence-electron chi connectivity index (χ1n) is 5.69. The zero-order valence-corrected chi connectivity index (χ0v) is 11.1. The Balaban J connectivity index is 1.97. The van der Waals surface area contributed by atoms with Gasteiger partial charge in [0.05, 0.1) is 0 Å². The van der Waals surface area contributed by atoms with Crippen molar-refractivity contribution in [2.24, 2.45) is 0 Å². The Morgan fingerprint density at radius 3 is 2.83 bits per heavy atom. The summed E-state index contributed by atoms with van der Waals surface area (Å²) in [5, 5.41) is 8.41. The molecule has 0 spiro atoms. The summed E-state index contributed by atoms with van der Waals surface area (Å²) in [7, 11) is 0. The Kier molecular flexibility index (Phi) is 3.94. The zero-order chi connectivity index (χ0) is 13.0. The molecule has 2 aromatic rings. The molecule has 0 aliphatic heterocycles. The molecule has 4 nitrogen and oxygen atoms in total. The summed E-state index contributed by atoms with van der Waals surface area (Å²) >= 11 is 1.41. The Bertz CT molecular complexity index is 525. The molecular formula is C13H15N3OS. The first kappa shape index (κ1) is 12.6. The molecule has 0 aliphatic rings. The van der Waals surface area contributed by atoms with E-state index in [1.807, 2.05) is 43.5 Å². The van der Waals surface area contributed by atoms with Gasteiger partial charge in [0.15, 0.2) is 5.13 Å². The summed E-state index contributed by atoms with van der Waals surface area (Å²) in [4.78, 5) is 15.9. The highest BCUT2D eigenvalue weighted by Gasteiger charge is 2.14. The van der Waals surface area contributed by atoms with Crippen LogP contribution >= 0.6 is 11.3 Å². The Hall–Kier alpha value is -1.88. The minimum atomic E-state index is -0.310. The van der Waals surface area contributed by atoms with Crippen LogP contribution in [0, 0.1) is 6.92 Å². The SMILES string of the molecule is Cc1ccccc1N[C@H](C)C(=O)Nc1nccs1. The van der Waals surface area contributed by atoms with Crippen LogP contribution in [0.5, 0.6) is 0 Å². The van der Waals surface area contributed by atoms with Crippen molar-refractivity contribution >= 4 is 28.1 Å². The second kappa shape index (κ2) is 5.64. The van der Waals surface area contributed by atoms with Crippen molar-refractivity contribution in [1.29, 1.82) is 0 Å². The normalized spacial score (nSPS) is 11.9. The van der Waals surface area contributed by atoms with Crippen molar-refractivity contribution in [2.45, 2.75) is 19.9 Å². The van der Waals surface area contributed by atoms with Crippen LogP contribution in [0.2, 0.25) is 0 Å². The number of thiazole rings is 1. The topological polar surface area (TPSA) is 54.0 Å². The van der Waals surface area contributed by atoms with Gasteiger partial charge >= 0.3 is 0 Å². The summed E-state index contributed by atoms with van der Waals surface area (Å²) in [6.07, 6.45) is 1.67. The van der Waals surface area contributed by atoms with Crippen LogP contribution in [0.4, 0.5) is 10.8 Å². The minimum Gasteiger partial charge on any atom is -0.374 e. The molecule has 0 saturated carbocycles. The number of nitrogens with one attached hydrogen (secondary N) is 2. The maximum atomic E-state index is 11.9. The Morgan fingerprint density at radius 1 is 1.39 bits per heavy atom. The molecule has 2 N–H and O–H groups in total. The first-order chi connectivity index (χ1) is 8.66. The molecular weight excluding hydrogens is 246 g/mol.